The van der Waals surface area contributed by atoms with Crippen molar-refractivity contribution >= 4 is 31.9 Å². The smallest absolute Gasteiger partial charge is 0.465 e. The SMILES string of the molecule is COC(=O)C(C(OCc1ccccc1)=[N+](S(=O)(=O)C(F)(F)F)S(=O)(=O)C(F)(F)F)n1cc[n+](C)c1. The standard InChI is InChI=1S/C17H17F6N3O7S2/c1-24-8-9-25(11-24)13(15(27)32-2)14(33-10-12-6-4-3-5-7-12)26(34(28,29)16(18,19)20)35(30,31)17(21,22)23/h3-9,11,13H,10H2,1-2H3/q+2. The lowest BCUT2D eigenvalue weighted by Crippen LogP contribution is -2.49. The number of hydrogen-bond donors (Lipinski definition) is 0. The Bertz CT molecular complexity index is 1270. The number of aryl methyl sites for hydroxylation is 1. The number of carbonyl (C=O) groups excluding carboxylic acids is 1. The number of halogens is 6. The molecule has 35 heavy (non-hydrogen) atoms. The van der Waals surface area contributed by atoms with Crippen LogP contribution < -0.4 is 4.57 Å². The summed E-state index contributed by atoms with van der Waals surface area (Å²) in [5.41, 5.74) is -13.0. The first-order chi connectivity index (χ1) is 15.9. The molecule has 0 spiro atoms. The topological polar surface area (TPSA) is 116 Å². The number of aromatic nitrogens is 2. The van der Waals surface area contributed by atoms with Gasteiger partial charge in [0.25, 0.3) is 0 Å². The highest BCUT2D eigenvalue weighted by atomic mass is 32.3. The minimum absolute atomic E-state index is 0.0837. The highest BCUT2D eigenvalue weighted by Gasteiger charge is 2.70. The van der Waals surface area contributed by atoms with E-state index in [1.165, 1.54) is 48.1 Å². The predicted octanol–water partition coefficient (Wildman–Crippen LogP) is 1.35. The fraction of sp³-hybridized carbons (Fsp3) is 0.353. The Morgan fingerprint density at radius 2 is 1.54 bits per heavy atom. The van der Waals surface area contributed by atoms with Crippen molar-refractivity contribution in [1.29, 1.82) is 0 Å². The molecule has 10 nitrogen and oxygen atoms in total. The Hall–Kier alpha value is -3.15. The van der Waals surface area contributed by atoms with Gasteiger partial charge in [0.05, 0.1) is 17.5 Å². The van der Waals surface area contributed by atoms with Gasteiger partial charge in [-0.1, -0.05) is 30.3 Å². The van der Waals surface area contributed by atoms with Crippen LogP contribution >= 0.6 is 0 Å². The van der Waals surface area contributed by atoms with Crippen LogP contribution in [0.1, 0.15) is 11.6 Å². The third kappa shape index (κ3) is 5.75. The van der Waals surface area contributed by atoms with Gasteiger partial charge < -0.3 is 9.47 Å². The van der Waals surface area contributed by atoms with Crippen molar-refractivity contribution in [2.45, 2.75) is 23.7 Å². The molecule has 1 aromatic carbocycles. The van der Waals surface area contributed by atoms with E-state index in [1.54, 1.807) is 0 Å². The van der Waals surface area contributed by atoms with Gasteiger partial charge in [-0.05, 0) is 5.56 Å². The second-order valence-electron chi connectivity index (χ2n) is 6.66. The molecule has 0 N–H and O–H groups in total. The van der Waals surface area contributed by atoms with Crippen LogP contribution in [0.25, 0.3) is 0 Å². The van der Waals surface area contributed by atoms with E-state index in [0.29, 0.717) is 11.7 Å². The quantitative estimate of drug-likeness (QED) is 0.167. The number of hydrogen-bond acceptors (Lipinski definition) is 7. The minimum Gasteiger partial charge on any atom is -0.465 e. The van der Waals surface area contributed by atoms with E-state index >= 15 is 0 Å². The van der Waals surface area contributed by atoms with E-state index in [1.807, 2.05) is 0 Å². The zero-order chi connectivity index (χ0) is 26.8. The van der Waals surface area contributed by atoms with Crippen molar-refractivity contribution in [3.63, 3.8) is 0 Å². The Labute approximate surface area is 194 Å². The third-order valence-electron chi connectivity index (χ3n) is 4.18. The molecule has 1 heterocycles. The first kappa shape index (κ1) is 28.1. The molecule has 2 rings (SSSR count). The maximum atomic E-state index is 13.4. The maximum absolute atomic E-state index is 13.4. The summed E-state index contributed by atoms with van der Waals surface area (Å²) in [6.45, 7) is -0.922. The summed E-state index contributed by atoms with van der Waals surface area (Å²) in [6.07, 6.45) is 3.05. The van der Waals surface area contributed by atoms with E-state index in [0.717, 1.165) is 12.5 Å². The number of alkyl halides is 6. The Morgan fingerprint density at radius 1 is 1.03 bits per heavy atom. The van der Waals surface area contributed by atoms with Crippen LogP contribution in [0.5, 0.6) is 0 Å². The van der Waals surface area contributed by atoms with E-state index in [2.05, 4.69) is 4.74 Å². The third-order valence-corrected chi connectivity index (χ3v) is 7.76. The van der Waals surface area contributed by atoms with E-state index in [9.17, 15) is 48.0 Å². The molecule has 0 saturated heterocycles. The Balaban J connectivity index is 3.04. The van der Waals surface area contributed by atoms with E-state index in [-0.39, 0.29) is 5.56 Å². The van der Waals surface area contributed by atoms with Crippen molar-refractivity contribution < 1.29 is 65.4 Å². The van der Waals surface area contributed by atoms with Crippen LogP contribution in [-0.4, -0.2) is 54.8 Å². The van der Waals surface area contributed by atoms with Crippen molar-refractivity contribution in [3.05, 3.63) is 54.6 Å². The van der Waals surface area contributed by atoms with Crippen LogP contribution in [-0.2, 0) is 48.0 Å². The van der Waals surface area contributed by atoms with Gasteiger partial charge in [-0.2, -0.15) is 43.2 Å². The van der Waals surface area contributed by atoms with Crippen LogP contribution in [0.2, 0.25) is 0 Å². The molecule has 1 aromatic heterocycles. The van der Waals surface area contributed by atoms with Gasteiger partial charge >= 0.3 is 49.0 Å². The molecule has 1 atom stereocenters. The second kappa shape index (κ2) is 9.84. The molecular formula is C17H17F6N3O7S2+2. The molecule has 2 aromatic rings. The number of sulfonamides is 2. The number of methoxy groups -OCH3 is 1. The average Bonchev–Trinajstić information content (AvgIpc) is 3.16. The summed E-state index contributed by atoms with van der Waals surface area (Å²) in [6, 6.07) is 4.35. The monoisotopic (exact) mass is 553 g/mol. The molecule has 0 fully saturated rings. The van der Waals surface area contributed by atoms with Crippen molar-refractivity contribution in [2.75, 3.05) is 7.11 Å². The van der Waals surface area contributed by atoms with Crippen molar-refractivity contribution in [3.8, 4) is 0 Å². The summed E-state index contributed by atoms with van der Waals surface area (Å²) in [4.78, 5) is 12.5. The van der Waals surface area contributed by atoms with Gasteiger partial charge in [0.15, 0.2) is 0 Å². The predicted molar refractivity (Wildman–Crippen MR) is 103 cm³/mol. The summed E-state index contributed by atoms with van der Waals surface area (Å²) >= 11 is 0. The number of carbonyl (C=O) groups is 1. The molecule has 0 amide bonds. The van der Waals surface area contributed by atoms with Gasteiger partial charge in [0.2, 0.25) is 6.33 Å². The van der Waals surface area contributed by atoms with E-state index < -0.39 is 59.0 Å². The number of rotatable bonds is 7. The lowest BCUT2D eigenvalue weighted by atomic mass is 10.2. The highest BCUT2D eigenvalue weighted by molar-refractivity contribution is 7.98. The van der Waals surface area contributed by atoms with Gasteiger partial charge in [-0.3, -0.25) is 0 Å². The van der Waals surface area contributed by atoms with Crippen molar-refractivity contribution in [1.82, 2.24) is 4.57 Å². The van der Waals surface area contributed by atoms with Crippen LogP contribution in [0, 0.1) is 0 Å². The molecule has 18 heteroatoms. The number of nitrogens with zero attached hydrogens (tertiary/aromatic N) is 3. The number of ether oxygens (including phenoxy) is 2. The van der Waals surface area contributed by atoms with Crippen LogP contribution in [0.3, 0.4) is 0 Å². The molecule has 0 radical (unpaired) electrons. The molecular weight excluding hydrogens is 536 g/mol. The van der Waals surface area contributed by atoms with Crippen LogP contribution in [0.4, 0.5) is 26.3 Å². The lowest BCUT2D eigenvalue weighted by molar-refractivity contribution is -0.671. The fourth-order valence-electron chi connectivity index (χ4n) is 2.60. The highest BCUT2D eigenvalue weighted by Crippen LogP contribution is 2.34. The van der Waals surface area contributed by atoms with Crippen LogP contribution in [0.15, 0.2) is 49.1 Å². The maximum Gasteiger partial charge on any atom is 0.561 e. The van der Waals surface area contributed by atoms with E-state index in [4.69, 9.17) is 4.74 Å². The minimum atomic E-state index is -7.34. The summed E-state index contributed by atoms with van der Waals surface area (Å²) < 4.78 is 139. The normalized spacial score (nSPS) is 13.7. The molecule has 0 aliphatic heterocycles. The van der Waals surface area contributed by atoms with Crippen molar-refractivity contribution in [2.24, 2.45) is 7.05 Å². The molecule has 1 unspecified atom stereocenters. The molecule has 0 bridgehead atoms. The average molecular weight is 553 g/mol. The molecule has 194 valence electrons. The fourth-order valence-corrected chi connectivity index (χ4v) is 5.30. The zero-order valence-electron chi connectivity index (χ0n) is 17.7. The number of imidazole rings is 1. The summed E-state index contributed by atoms with van der Waals surface area (Å²) in [5, 5.41) is 0. The lowest BCUT2D eigenvalue weighted by Gasteiger charge is -2.16. The Kier molecular flexibility index (Phi) is 7.90. The Morgan fingerprint density at radius 3 is 1.94 bits per heavy atom. The summed E-state index contributed by atoms with van der Waals surface area (Å²) in [5.74, 6) is -3.67. The summed E-state index contributed by atoms with van der Waals surface area (Å²) in [7, 11) is -12.6. The molecule has 0 aliphatic carbocycles. The molecule has 0 aliphatic rings. The first-order valence-electron chi connectivity index (χ1n) is 9.02. The first-order valence-corrected chi connectivity index (χ1v) is 11.9. The van der Waals surface area contributed by atoms with Gasteiger partial charge in [0.1, 0.15) is 19.0 Å². The number of esters is 1. The zero-order valence-corrected chi connectivity index (χ0v) is 19.3. The van der Waals surface area contributed by atoms with Gasteiger partial charge in [0, 0.05) is 0 Å². The number of benzene rings is 1. The second-order valence-corrected chi connectivity index (χ2v) is 10.5. The van der Waals surface area contributed by atoms with Gasteiger partial charge in [-0.25, -0.2) is 13.9 Å². The molecule has 0 saturated carbocycles. The van der Waals surface area contributed by atoms with Gasteiger partial charge in [-0.15, -0.1) is 0 Å². The largest absolute Gasteiger partial charge is 0.561 e.